The van der Waals surface area contributed by atoms with Crippen LogP contribution < -0.4 is 9.46 Å². The van der Waals surface area contributed by atoms with Gasteiger partial charge in [0.25, 0.3) is 0 Å². The summed E-state index contributed by atoms with van der Waals surface area (Å²) in [7, 11) is -3.61. The first-order valence-electron chi connectivity index (χ1n) is 7.72. The molecule has 3 heterocycles. The highest BCUT2D eigenvalue weighted by atomic mass is 32.2. The average Bonchev–Trinajstić information content (AvgIpc) is 3.11. The normalized spacial score (nSPS) is 23.2. The SMILES string of the molecule is CC1Cc2cc(S(=O)(=O)NC3CCCn4ncnc43)ccc2O1. The molecule has 2 unspecified atom stereocenters. The van der Waals surface area contributed by atoms with Crippen molar-refractivity contribution in [2.75, 3.05) is 0 Å². The van der Waals surface area contributed by atoms with Crippen LogP contribution in [0.4, 0.5) is 0 Å². The second-order valence-corrected chi connectivity index (χ2v) is 7.77. The molecule has 8 heteroatoms. The van der Waals surface area contributed by atoms with Gasteiger partial charge in [-0.1, -0.05) is 0 Å². The van der Waals surface area contributed by atoms with E-state index < -0.39 is 10.0 Å². The first-order valence-corrected chi connectivity index (χ1v) is 9.21. The Kier molecular flexibility index (Phi) is 3.38. The van der Waals surface area contributed by atoms with Gasteiger partial charge in [-0.3, -0.25) is 0 Å². The fraction of sp³-hybridized carbons (Fsp3) is 0.467. The van der Waals surface area contributed by atoms with Gasteiger partial charge in [0.15, 0.2) is 0 Å². The summed E-state index contributed by atoms with van der Waals surface area (Å²) in [6.07, 6.45) is 3.89. The van der Waals surface area contributed by atoms with Crippen LogP contribution in [-0.2, 0) is 23.0 Å². The van der Waals surface area contributed by atoms with E-state index in [1.54, 1.807) is 22.9 Å². The number of aryl methyl sites for hydroxylation is 1. The molecule has 2 aliphatic heterocycles. The highest BCUT2D eigenvalue weighted by Gasteiger charge is 2.29. The van der Waals surface area contributed by atoms with E-state index in [9.17, 15) is 8.42 Å². The lowest BCUT2D eigenvalue weighted by atomic mass is 10.1. The monoisotopic (exact) mass is 334 g/mol. The highest BCUT2D eigenvalue weighted by Crippen LogP contribution is 2.31. The van der Waals surface area contributed by atoms with Crippen molar-refractivity contribution >= 4 is 10.0 Å². The Balaban J connectivity index is 1.61. The Morgan fingerprint density at radius 1 is 1.39 bits per heavy atom. The van der Waals surface area contributed by atoms with Crippen molar-refractivity contribution in [1.29, 1.82) is 0 Å². The number of sulfonamides is 1. The van der Waals surface area contributed by atoms with Gasteiger partial charge in [-0.05, 0) is 43.5 Å². The van der Waals surface area contributed by atoms with Gasteiger partial charge in [0.1, 0.15) is 24.0 Å². The van der Waals surface area contributed by atoms with E-state index >= 15 is 0 Å². The largest absolute Gasteiger partial charge is 0.490 e. The third-order valence-electron chi connectivity index (χ3n) is 4.30. The van der Waals surface area contributed by atoms with E-state index in [0.717, 1.165) is 37.1 Å². The van der Waals surface area contributed by atoms with Gasteiger partial charge >= 0.3 is 0 Å². The molecule has 4 rings (SSSR count). The Morgan fingerprint density at radius 3 is 3.13 bits per heavy atom. The molecule has 0 saturated heterocycles. The van der Waals surface area contributed by atoms with Gasteiger partial charge < -0.3 is 4.74 Å². The minimum absolute atomic E-state index is 0.0906. The molecule has 0 saturated carbocycles. The van der Waals surface area contributed by atoms with Gasteiger partial charge in [0.2, 0.25) is 10.0 Å². The molecule has 0 bridgehead atoms. The molecule has 7 nitrogen and oxygen atoms in total. The third kappa shape index (κ3) is 2.61. The maximum atomic E-state index is 12.7. The second kappa shape index (κ2) is 5.31. The van der Waals surface area contributed by atoms with Crippen molar-refractivity contribution in [1.82, 2.24) is 19.5 Å². The number of hydrogen-bond acceptors (Lipinski definition) is 5. The Hall–Kier alpha value is -1.93. The lowest BCUT2D eigenvalue weighted by Gasteiger charge is -2.23. The number of benzene rings is 1. The molecule has 2 aliphatic rings. The lowest BCUT2D eigenvalue weighted by Crippen LogP contribution is -2.33. The molecule has 0 radical (unpaired) electrons. The van der Waals surface area contributed by atoms with E-state index in [1.807, 2.05) is 6.92 Å². The molecule has 0 fully saturated rings. The van der Waals surface area contributed by atoms with Gasteiger partial charge in [0, 0.05) is 13.0 Å². The molecule has 0 spiro atoms. The van der Waals surface area contributed by atoms with Gasteiger partial charge in [-0.15, -0.1) is 0 Å². The zero-order chi connectivity index (χ0) is 16.0. The maximum absolute atomic E-state index is 12.7. The van der Waals surface area contributed by atoms with Crippen LogP contribution in [-0.4, -0.2) is 29.3 Å². The summed E-state index contributed by atoms with van der Waals surface area (Å²) in [5, 5.41) is 4.12. The zero-order valence-corrected chi connectivity index (χ0v) is 13.6. The van der Waals surface area contributed by atoms with E-state index in [0.29, 0.717) is 5.82 Å². The molecule has 0 amide bonds. The van der Waals surface area contributed by atoms with Crippen LogP contribution >= 0.6 is 0 Å². The molecule has 2 atom stereocenters. The number of nitrogens with zero attached hydrogens (tertiary/aromatic N) is 3. The fourth-order valence-corrected chi connectivity index (χ4v) is 4.50. The van der Waals surface area contributed by atoms with Crippen molar-refractivity contribution in [2.24, 2.45) is 0 Å². The quantitative estimate of drug-likeness (QED) is 0.917. The maximum Gasteiger partial charge on any atom is 0.241 e. The first kappa shape index (κ1) is 14.6. The topological polar surface area (TPSA) is 86.1 Å². The van der Waals surface area contributed by atoms with Crippen molar-refractivity contribution in [3.8, 4) is 5.75 Å². The number of fused-ring (bicyclic) bond motifs is 2. The number of rotatable bonds is 3. The van der Waals surface area contributed by atoms with Crippen molar-refractivity contribution in [3.63, 3.8) is 0 Å². The fourth-order valence-electron chi connectivity index (χ4n) is 3.22. The minimum Gasteiger partial charge on any atom is -0.490 e. The first-order chi connectivity index (χ1) is 11.0. The van der Waals surface area contributed by atoms with Crippen molar-refractivity contribution in [3.05, 3.63) is 35.9 Å². The van der Waals surface area contributed by atoms with Crippen LogP contribution in [0.15, 0.2) is 29.4 Å². The summed E-state index contributed by atoms with van der Waals surface area (Å²) in [6, 6.07) is 4.69. The Labute approximate surface area is 134 Å². The molecule has 1 aromatic heterocycles. The highest BCUT2D eigenvalue weighted by molar-refractivity contribution is 7.89. The van der Waals surface area contributed by atoms with Crippen LogP contribution in [0, 0.1) is 0 Å². The summed E-state index contributed by atoms with van der Waals surface area (Å²) in [5.74, 6) is 1.45. The second-order valence-electron chi connectivity index (χ2n) is 6.06. The summed E-state index contributed by atoms with van der Waals surface area (Å²) < 4.78 is 35.6. The molecule has 122 valence electrons. The number of aromatic nitrogens is 3. The molecular formula is C15H18N4O3S. The molecule has 2 aromatic rings. The molecular weight excluding hydrogens is 316 g/mol. The zero-order valence-electron chi connectivity index (χ0n) is 12.8. The summed E-state index contributed by atoms with van der Waals surface area (Å²) >= 11 is 0. The van der Waals surface area contributed by atoms with Crippen molar-refractivity contribution in [2.45, 2.75) is 49.8 Å². The average molecular weight is 334 g/mol. The van der Waals surface area contributed by atoms with E-state index in [2.05, 4.69) is 14.8 Å². The summed E-state index contributed by atoms with van der Waals surface area (Å²) in [5.41, 5.74) is 0.937. The van der Waals surface area contributed by atoms with Crippen molar-refractivity contribution < 1.29 is 13.2 Å². The molecule has 1 N–H and O–H groups in total. The van der Waals surface area contributed by atoms with Gasteiger partial charge in [-0.25, -0.2) is 22.8 Å². The third-order valence-corrected chi connectivity index (χ3v) is 5.76. The van der Waals surface area contributed by atoms with Crippen LogP contribution in [0.3, 0.4) is 0 Å². The number of ether oxygens (including phenoxy) is 1. The number of hydrogen-bond donors (Lipinski definition) is 1. The molecule has 23 heavy (non-hydrogen) atoms. The van der Waals surface area contributed by atoms with Gasteiger partial charge in [0.05, 0.1) is 10.9 Å². The smallest absolute Gasteiger partial charge is 0.241 e. The van der Waals surface area contributed by atoms with E-state index in [1.165, 1.54) is 6.33 Å². The number of nitrogens with one attached hydrogen (secondary N) is 1. The predicted octanol–water partition coefficient (Wildman–Crippen LogP) is 1.41. The van der Waals surface area contributed by atoms with Gasteiger partial charge in [-0.2, -0.15) is 5.10 Å². The predicted molar refractivity (Wildman–Crippen MR) is 82.6 cm³/mol. The Morgan fingerprint density at radius 2 is 2.26 bits per heavy atom. The van der Waals surface area contributed by atoms with Crippen LogP contribution in [0.2, 0.25) is 0 Å². The van der Waals surface area contributed by atoms with Crippen LogP contribution in [0.1, 0.15) is 37.2 Å². The van der Waals surface area contributed by atoms with E-state index in [4.69, 9.17) is 4.74 Å². The lowest BCUT2D eigenvalue weighted by molar-refractivity contribution is 0.254. The molecule has 1 aromatic carbocycles. The summed E-state index contributed by atoms with van der Waals surface area (Å²) in [6.45, 7) is 2.75. The van der Waals surface area contributed by atoms with E-state index in [-0.39, 0.29) is 17.0 Å². The van der Waals surface area contributed by atoms with Crippen LogP contribution in [0.5, 0.6) is 5.75 Å². The Bertz CT molecular complexity index is 846. The summed E-state index contributed by atoms with van der Waals surface area (Å²) in [4.78, 5) is 4.46. The molecule has 0 aliphatic carbocycles. The van der Waals surface area contributed by atoms with Crippen LogP contribution in [0.25, 0.3) is 0 Å². The minimum atomic E-state index is -3.61. The standard InChI is InChI=1S/C15H18N4O3S/c1-10-7-11-8-12(4-5-14(11)22-10)23(20,21)18-13-3-2-6-19-15(13)16-9-17-19/h4-5,8-10,13,18H,2-3,6-7H2,1H3.